The van der Waals surface area contributed by atoms with Crippen molar-refractivity contribution in [3.63, 3.8) is 0 Å². The number of hydrogen-bond acceptors (Lipinski definition) is 5. The fourth-order valence-corrected chi connectivity index (χ4v) is 4.02. The number of ether oxygens (including phenoxy) is 3. The van der Waals surface area contributed by atoms with Gasteiger partial charge in [0.2, 0.25) is 0 Å². The van der Waals surface area contributed by atoms with E-state index >= 15 is 0 Å². The van der Waals surface area contributed by atoms with Crippen molar-refractivity contribution in [1.82, 2.24) is 4.90 Å². The number of carbonyl (C=O) groups is 1. The third-order valence-corrected chi connectivity index (χ3v) is 5.34. The Morgan fingerprint density at radius 2 is 2.14 bits per heavy atom. The van der Waals surface area contributed by atoms with Crippen LogP contribution in [0.4, 0.5) is 4.79 Å². The van der Waals surface area contributed by atoms with Gasteiger partial charge in [0.05, 0.1) is 18.4 Å². The Hall–Kier alpha value is -2.31. The molecule has 3 rings (SSSR count). The highest BCUT2D eigenvalue weighted by atomic mass is 16.7. The zero-order valence-electron chi connectivity index (χ0n) is 17.0. The predicted octanol–water partition coefficient (Wildman–Crippen LogP) is 4.49. The van der Waals surface area contributed by atoms with Crippen LogP contribution in [0.3, 0.4) is 0 Å². The number of carbonyl (C=O) groups excluding carboxylic acids is 1. The van der Waals surface area contributed by atoms with Gasteiger partial charge in [0.15, 0.2) is 0 Å². The molecule has 1 aliphatic heterocycles. The number of fused-ring (bicyclic) bond motifs is 1. The van der Waals surface area contributed by atoms with Gasteiger partial charge in [-0.15, -0.1) is 0 Å². The smallest absolute Gasteiger partial charge is 0.414 e. The number of benzene rings is 1. The van der Waals surface area contributed by atoms with Crippen molar-refractivity contribution in [2.75, 3.05) is 27.1 Å². The molecule has 1 heterocycles. The molecule has 1 aliphatic carbocycles. The minimum Gasteiger partial charge on any atom is -0.508 e. The Morgan fingerprint density at radius 3 is 2.86 bits per heavy atom. The second-order valence-corrected chi connectivity index (χ2v) is 7.73. The molecule has 1 amide bonds. The Bertz CT molecular complexity index is 796. The Balaban J connectivity index is 2.06. The maximum atomic E-state index is 12.4. The maximum absolute atomic E-state index is 12.4. The summed E-state index contributed by atoms with van der Waals surface area (Å²) in [5, 5.41) is 10.9. The van der Waals surface area contributed by atoms with Crippen molar-refractivity contribution in [3.8, 4) is 5.75 Å². The summed E-state index contributed by atoms with van der Waals surface area (Å²) >= 11 is 0. The molecular weight excluding hydrogens is 358 g/mol. The molecule has 1 atom stereocenters. The third-order valence-electron chi connectivity index (χ3n) is 5.34. The number of allylic oxidation sites excluding steroid dienone is 2. The van der Waals surface area contributed by atoms with E-state index in [1.807, 2.05) is 24.3 Å². The van der Waals surface area contributed by atoms with Crippen molar-refractivity contribution < 1.29 is 24.1 Å². The van der Waals surface area contributed by atoms with Crippen molar-refractivity contribution in [2.24, 2.45) is 0 Å². The lowest BCUT2D eigenvalue weighted by atomic mass is 9.70. The average Bonchev–Trinajstić information content (AvgIpc) is 2.67. The topological polar surface area (TPSA) is 68.2 Å². The van der Waals surface area contributed by atoms with Gasteiger partial charge >= 0.3 is 6.09 Å². The van der Waals surface area contributed by atoms with Gasteiger partial charge in [-0.1, -0.05) is 26.0 Å². The molecule has 1 N–H and O–H groups in total. The van der Waals surface area contributed by atoms with E-state index in [0.29, 0.717) is 18.8 Å². The number of hydrogen-bond donors (Lipinski definition) is 1. The number of amides is 1. The second-order valence-electron chi connectivity index (χ2n) is 7.73. The summed E-state index contributed by atoms with van der Waals surface area (Å²) in [6.07, 6.45) is 6.85. The van der Waals surface area contributed by atoms with E-state index in [4.69, 9.17) is 14.2 Å². The molecule has 0 spiro atoms. The van der Waals surface area contributed by atoms with Gasteiger partial charge in [0.25, 0.3) is 0 Å². The molecule has 0 saturated heterocycles. The van der Waals surface area contributed by atoms with E-state index in [-0.39, 0.29) is 24.1 Å². The molecule has 28 heavy (non-hydrogen) atoms. The van der Waals surface area contributed by atoms with Gasteiger partial charge in [-0.05, 0) is 49.0 Å². The quantitative estimate of drug-likeness (QED) is 0.754. The SMILES string of the molecule is CCOC(=O)N1CC=CC=C1c1cc(O)c2c(c1)C(OCOC)CCC2(C)C. The van der Waals surface area contributed by atoms with Crippen LogP contribution in [0, 0.1) is 0 Å². The predicted molar refractivity (Wildman–Crippen MR) is 107 cm³/mol. The van der Waals surface area contributed by atoms with Crippen LogP contribution < -0.4 is 0 Å². The Kier molecular flexibility index (Phi) is 6.10. The number of phenols is 1. The molecule has 1 aromatic carbocycles. The van der Waals surface area contributed by atoms with Gasteiger partial charge in [-0.3, -0.25) is 4.90 Å². The standard InChI is InChI=1S/C22H29NO5/c1-5-27-21(25)23-11-7-6-8-17(23)15-12-16-19(28-14-26-4)9-10-22(2,3)20(16)18(24)13-15/h6-8,12-13,19,24H,5,9-11,14H2,1-4H3. The molecule has 6 heteroatoms. The second kappa shape index (κ2) is 8.37. The largest absolute Gasteiger partial charge is 0.508 e. The highest BCUT2D eigenvalue weighted by molar-refractivity contribution is 5.84. The normalized spacial score (nSPS) is 20.5. The molecule has 0 radical (unpaired) electrons. The first-order valence-electron chi connectivity index (χ1n) is 9.68. The lowest BCUT2D eigenvalue weighted by Gasteiger charge is -2.38. The Morgan fingerprint density at radius 1 is 1.36 bits per heavy atom. The molecule has 0 bridgehead atoms. The summed E-state index contributed by atoms with van der Waals surface area (Å²) in [5.41, 5.74) is 3.15. The van der Waals surface area contributed by atoms with Crippen LogP contribution in [0.15, 0.2) is 30.4 Å². The summed E-state index contributed by atoms with van der Waals surface area (Å²) in [6.45, 7) is 6.97. The molecule has 6 nitrogen and oxygen atoms in total. The zero-order valence-corrected chi connectivity index (χ0v) is 17.0. The van der Waals surface area contributed by atoms with Crippen LogP contribution in [0.5, 0.6) is 5.75 Å². The monoisotopic (exact) mass is 387 g/mol. The molecule has 1 aromatic rings. The first-order chi connectivity index (χ1) is 13.4. The van der Waals surface area contributed by atoms with Gasteiger partial charge < -0.3 is 19.3 Å². The van der Waals surface area contributed by atoms with E-state index in [1.165, 1.54) is 0 Å². The van der Waals surface area contributed by atoms with Crippen LogP contribution in [-0.4, -0.2) is 43.2 Å². The molecule has 2 aliphatic rings. The van der Waals surface area contributed by atoms with Crippen molar-refractivity contribution in [3.05, 3.63) is 47.1 Å². The minimum absolute atomic E-state index is 0.160. The fraction of sp³-hybridized carbons (Fsp3) is 0.500. The molecule has 0 aromatic heterocycles. The number of aromatic hydroxyl groups is 1. The fourth-order valence-electron chi connectivity index (χ4n) is 4.02. The molecule has 152 valence electrons. The van der Waals surface area contributed by atoms with E-state index in [0.717, 1.165) is 29.5 Å². The van der Waals surface area contributed by atoms with Crippen molar-refractivity contribution in [2.45, 2.75) is 45.1 Å². The van der Waals surface area contributed by atoms with Crippen LogP contribution in [0.1, 0.15) is 56.4 Å². The number of nitrogens with zero attached hydrogens (tertiary/aromatic N) is 1. The first kappa shape index (κ1) is 20.4. The zero-order chi connectivity index (χ0) is 20.3. The van der Waals surface area contributed by atoms with Crippen LogP contribution >= 0.6 is 0 Å². The van der Waals surface area contributed by atoms with Crippen molar-refractivity contribution >= 4 is 11.8 Å². The van der Waals surface area contributed by atoms with Gasteiger partial charge in [-0.25, -0.2) is 4.79 Å². The van der Waals surface area contributed by atoms with E-state index in [9.17, 15) is 9.90 Å². The van der Waals surface area contributed by atoms with Gasteiger partial charge in [0.1, 0.15) is 12.5 Å². The average molecular weight is 387 g/mol. The molecule has 1 unspecified atom stereocenters. The summed E-state index contributed by atoms with van der Waals surface area (Å²) < 4.78 is 16.2. The lowest BCUT2D eigenvalue weighted by Crippen LogP contribution is -2.32. The highest BCUT2D eigenvalue weighted by Crippen LogP contribution is 2.48. The van der Waals surface area contributed by atoms with Crippen molar-refractivity contribution in [1.29, 1.82) is 0 Å². The highest BCUT2D eigenvalue weighted by Gasteiger charge is 2.36. The molecule has 0 saturated carbocycles. The van der Waals surface area contributed by atoms with Gasteiger partial charge in [0, 0.05) is 24.8 Å². The van der Waals surface area contributed by atoms with E-state index in [1.54, 1.807) is 25.0 Å². The van der Waals surface area contributed by atoms with Crippen LogP contribution in [0.2, 0.25) is 0 Å². The maximum Gasteiger partial charge on any atom is 0.414 e. The first-order valence-corrected chi connectivity index (χ1v) is 9.68. The molecule has 0 fully saturated rings. The number of methoxy groups -OCH3 is 1. The number of rotatable bonds is 5. The van der Waals surface area contributed by atoms with E-state index in [2.05, 4.69) is 13.8 Å². The van der Waals surface area contributed by atoms with Gasteiger partial charge in [-0.2, -0.15) is 0 Å². The lowest BCUT2D eigenvalue weighted by molar-refractivity contribution is -0.0810. The number of phenolic OH excluding ortho intramolecular Hbond substituents is 1. The van der Waals surface area contributed by atoms with Crippen LogP contribution in [-0.2, 0) is 19.6 Å². The summed E-state index contributed by atoms with van der Waals surface area (Å²) in [4.78, 5) is 14.0. The van der Waals surface area contributed by atoms with E-state index < -0.39 is 6.09 Å². The Labute approximate surface area is 166 Å². The summed E-state index contributed by atoms with van der Waals surface area (Å²) in [6, 6.07) is 3.75. The van der Waals surface area contributed by atoms with Crippen LogP contribution in [0.25, 0.3) is 5.70 Å². The summed E-state index contributed by atoms with van der Waals surface area (Å²) in [7, 11) is 1.60. The minimum atomic E-state index is -0.400. The summed E-state index contributed by atoms with van der Waals surface area (Å²) in [5.74, 6) is 0.225. The third kappa shape index (κ3) is 3.93. The molecular formula is C22H29NO5.